The highest BCUT2D eigenvalue weighted by Crippen LogP contribution is 2.30. The van der Waals surface area contributed by atoms with Gasteiger partial charge in [0.2, 0.25) is 0 Å². The van der Waals surface area contributed by atoms with Crippen molar-refractivity contribution < 1.29 is 4.84 Å². The average molecular weight is 282 g/mol. The van der Waals surface area contributed by atoms with Gasteiger partial charge in [0, 0.05) is 25.4 Å². The number of allylic oxidation sites excluding steroid dienone is 4. The molecule has 0 fully saturated rings. The molecule has 1 aliphatic rings. The number of hydrogen-bond donors (Lipinski definition) is 1. The zero-order valence-corrected chi connectivity index (χ0v) is 12.9. The molecular weight excluding hydrogens is 260 g/mol. The van der Waals surface area contributed by atoms with Crippen molar-refractivity contribution in [2.24, 2.45) is 0 Å². The second-order valence-corrected chi connectivity index (χ2v) is 5.09. The first-order chi connectivity index (χ1) is 10.1. The summed E-state index contributed by atoms with van der Waals surface area (Å²) >= 11 is 0. The molecule has 0 bridgehead atoms. The zero-order chi connectivity index (χ0) is 15.2. The van der Waals surface area contributed by atoms with Gasteiger partial charge in [0.15, 0.2) is 0 Å². The second kappa shape index (κ2) is 6.95. The lowest BCUT2D eigenvalue weighted by Gasteiger charge is -2.22. The van der Waals surface area contributed by atoms with Gasteiger partial charge >= 0.3 is 0 Å². The molecular formula is C18H22N2O. The third-order valence-electron chi connectivity index (χ3n) is 3.37. The molecule has 1 aromatic rings. The molecule has 1 aliphatic carbocycles. The Kier molecular flexibility index (Phi) is 5.01. The number of nitrogens with one attached hydrogen (secondary N) is 1. The molecule has 110 valence electrons. The van der Waals surface area contributed by atoms with E-state index >= 15 is 0 Å². The predicted octanol–water partition coefficient (Wildman–Crippen LogP) is 3.51. The lowest BCUT2D eigenvalue weighted by Crippen LogP contribution is -2.15. The Labute approximate surface area is 126 Å². The van der Waals surface area contributed by atoms with Gasteiger partial charge in [-0.1, -0.05) is 49.1 Å². The molecule has 0 amide bonds. The van der Waals surface area contributed by atoms with Crippen LogP contribution in [0.25, 0.3) is 5.57 Å². The number of likely N-dealkylation sites (N-methyl/N-ethyl adjacent to an activating group) is 1. The van der Waals surface area contributed by atoms with Crippen LogP contribution in [0.4, 0.5) is 0 Å². The summed E-state index contributed by atoms with van der Waals surface area (Å²) in [5.74, 6) is 0. The van der Waals surface area contributed by atoms with Crippen LogP contribution in [0.5, 0.6) is 0 Å². The van der Waals surface area contributed by atoms with Crippen molar-refractivity contribution in [2.45, 2.75) is 6.42 Å². The SMILES string of the molecule is C=C(C1=CC(NOC)=CCC=C1N(C)C)c1ccccc1. The maximum absolute atomic E-state index is 5.04. The molecule has 3 heteroatoms. The fraction of sp³-hybridized carbons (Fsp3) is 0.222. The Balaban J connectivity index is 2.42. The molecule has 0 saturated carbocycles. The van der Waals surface area contributed by atoms with E-state index in [4.69, 9.17) is 4.84 Å². The van der Waals surface area contributed by atoms with Gasteiger partial charge < -0.3 is 4.90 Å². The van der Waals surface area contributed by atoms with Crippen molar-refractivity contribution in [1.29, 1.82) is 0 Å². The van der Waals surface area contributed by atoms with Gasteiger partial charge in [-0.15, -0.1) is 0 Å². The largest absolute Gasteiger partial charge is 0.377 e. The van der Waals surface area contributed by atoms with Crippen LogP contribution in [-0.4, -0.2) is 26.1 Å². The topological polar surface area (TPSA) is 24.5 Å². The van der Waals surface area contributed by atoms with Gasteiger partial charge in [-0.3, -0.25) is 10.3 Å². The minimum atomic E-state index is 0.848. The van der Waals surface area contributed by atoms with E-state index in [1.165, 1.54) is 0 Å². The van der Waals surface area contributed by atoms with Crippen LogP contribution in [0.3, 0.4) is 0 Å². The Morgan fingerprint density at radius 3 is 2.52 bits per heavy atom. The Hall–Kier alpha value is -2.26. The quantitative estimate of drug-likeness (QED) is 0.836. The first kappa shape index (κ1) is 15.1. The molecule has 0 spiro atoms. The number of nitrogens with zero attached hydrogens (tertiary/aromatic N) is 1. The molecule has 21 heavy (non-hydrogen) atoms. The van der Waals surface area contributed by atoms with Crippen LogP contribution in [0.1, 0.15) is 12.0 Å². The van der Waals surface area contributed by atoms with E-state index in [1.807, 2.05) is 32.3 Å². The molecule has 0 heterocycles. The van der Waals surface area contributed by atoms with Gasteiger partial charge in [-0.2, -0.15) is 0 Å². The Bertz CT molecular complexity index is 595. The normalized spacial score (nSPS) is 14.5. The van der Waals surface area contributed by atoms with Crippen LogP contribution in [0, 0.1) is 0 Å². The van der Waals surface area contributed by atoms with Crippen molar-refractivity contribution in [3.63, 3.8) is 0 Å². The fourth-order valence-corrected chi connectivity index (χ4v) is 2.34. The average Bonchev–Trinajstić information content (AvgIpc) is 2.70. The molecule has 0 radical (unpaired) electrons. The standard InChI is InChI=1S/C18H22N2O/c1-14(15-9-6-5-7-10-15)17-13-16(19-21-4)11-8-12-18(17)20(2)3/h5-7,9-13,19H,1,8H2,2-4H3. The third-order valence-corrected chi connectivity index (χ3v) is 3.37. The number of rotatable bonds is 5. The van der Waals surface area contributed by atoms with Crippen molar-refractivity contribution in [1.82, 2.24) is 10.4 Å². The molecule has 0 unspecified atom stereocenters. The van der Waals surface area contributed by atoms with E-state index in [0.29, 0.717) is 0 Å². The van der Waals surface area contributed by atoms with Crippen LogP contribution in [-0.2, 0) is 4.84 Å². The van der Waals surface area contributed by atoms with E-state index < -0.39 is 0 Å². The molecule has 2 rings (SSSR count). The second-order valence-electron chi connectivity index (χ2n) is 5.09. The lowest BCUT2D eigenvalue weighted by atomic mass is 9.96. The summed E-state index contributed by atoms with van der Waals surface area (Å²) in [6.07, 6.45) is 7.22. The summed E-state index contributed by atoms with van der Waals surface area (Å²) in [5.41, 5.74) is 8.23. The maximum Gasteiger partial charge on any atom is 0.0636 e. The first-order valence-electron chi connectivity index (χ1n) is 6.97. The fourth-order valence-electron chi connectivity index (χ4n) is 2.34. The van der Waals surface area contributed by atoms with E-state index in [-0.39, 0.29) is 0 Å². The molecule has 0 atom stereocenters. The first-order valence-corrected chi connectivity index (χ1v) is 6.97. The Morgan fingerprint density at radius 1 is 1.19 bits per heavy atom. The van der Waals surface area contributed by atoms with E-state index in [0.717, 1.165) is 34.5 Å². The van der Waals surface area contributed by atoms with Crippen molar-refractivity contribution in [2.75, 3.05) is 21.2 Å². The molecule has 0 aromatic heterocycles. The van der Waals surface area contributed by atoms with Gasteiger partial charge in [0.05, 0.1) is 12.8 Å². The van der Waals surface area contributed by atoms with Crippen molar-refractivity contribution in [3.8, 4) is 0 Å². The van der Waals surface area contributed by atoms with Crippen molar-refractivity contribution >= 4 is 5.57 Å². The summed E-state index contributed by atoms with van der Waals surface area (Å²) in [6, 6.07) is 10.2. The van der Waals surface area contributed by atoms with Crippen LogP contribution >= 0.6 is 0 Å². The zero-order valence-electron chi connectivity index (χ0n) is 12.9. The number of hydroxylamine groups is 1. The number of hydrogen-bond acceptors (Lipinski definition) is 3. The third kappa shape index (κ3) is 3.64. The minimum Gasteiger partial charge on any atom is -0.377 e. The van der Waals surface area contributed by atoms with Gasteiger partial charge in [-0.25, -0.2) is 0 Å². The van der Waals surface area contributed by atoms with E-state index in [2.05, 4.69) is 47.3 Å². The maximum atomic E-state index is 5.04. The smallest absolute Gasteiger partial charge is 0.0636 e. The molecule has 1 N–H and O–H groups in total. The minimum absolute atomic E-state index is 0.848. The Morgan fingerprint density at radius 2 is 1.90 bits per heavy atom. The molecule has 1 aromatic carbocycles. The highest BCUT2D eigenvalue weighted by atomic mass is 16.6. The van der Waals surface area contributed by atoms with Gasteiger partial charge in [0.25, 0.3) is 0 Å². The van der Waals surface area contributed by atoms with Crippen molar-refractivity contribution in [3.05, 3.63) is 77.7 Å². The summed E-state index contributed by atoms with van der Waals surface area (Å²) in [6.45, 7) is 4.29. The lowest BCUT2D eigenvalue weighted by molar-refractivity contribution is 0.121. The van der Waals surface area contributed by atoms with Gasteiger partial charge in [0.1, 0.15) is 0 Å². The molecule has 0 aliphatic heterocycles. The molecule has 0 saturated heterocycles. The number of benzene rings is 1. The summed E-state index contributed by atoms with van der Waals surface area (Å²) < 4.78 is 0. The highest BCUT2D eigenvalue weighted by Gasteiger charge is 2.15. The van der Waals surface area contributed by atoms with Gasteiger partial charge in [-0.05, 0) is 23.6 Å². The summed E-state index contributed by atoms with van der Waals surface area (Å²) in [7, 11) is 5.71. The van der Waals surface area contributed by atoms with E-state index in [1.54, 1.807) is 7.11 Å². The summed E-state index contributed by atoms with van der Waals surface area (Å²) in [4.78, 5) is 7.15. The monoisotopic (exact) mass is 282 g/mol. The molecule has 3 nitrogen and oxygen atoms in total. The van der Waals surface area contributed by atoms with E-state index in [9.17, 15) is 0 Å². The van der Waals surface area contributed by atoms with Crippen LogP contribution < -0.4 is 5.48 Å². The predicted molar refractivity (Wildman–Crippen MR) is 88.2 cm³/mol. The van der Waals surface area contributed by atoms with Crippen LogP contribution in [0.15, 0.2) is 72.1 Å². The summed E-state index contributed by atoms with van der Waals surface area (Å²) in [5, 5.41) is 0. The highest BCUT2D eigenvalue weighted by molar-refractivity contribution is 5.82. The van der Waals surface area contributed by atoms with Crippen LogP contribution in [0.2, 0.25) is 0 Å².